The summed E-state index contributed by atoms with van der Waals surface area (Å²) in [7, 11) is 1.53. The largest absolute Gasteiger partial charge is 0.497 e. The smallest absolute Gasteiger partial charge is 0.325 e. The van der Waals surface area contributed by atoms with Crippen molar-refractivity contribution in [1.29, 1.82) is 0 Å². The second-order valence-electron chi connectivity index (χ2n) is 6.15. The van der Waals surface area contributed by atoms with Gasteiger partial charge in [-0.05, 0) is 48.7 Å². The normalized spacial score (nSPS) is 12.9. The van der Waals surface area contributed by atoms with Gasteiger partial charge in [0.05, 0.1) is 19.3 Å². The van der Waals surface area contributed by atoms with Crippen LogP contribution in [0.5, 0.6) is 5.75 Å². The van der Waals surface area contributed by atoms with Gasteiger partial charge in [0.2, 0.25) is 5.91 Å². The van der Waals surface area contributed by atoms with Crippen LogP contribution in [-0.2, 0) is 11.2 Å². The minimum Gasteiger partial charge on any atom is -0.497 e. The molecule has 1 aliphatic heterocycles. The fourth-order valence-corrected chi connectivity index (χ4v) is 3.07. The predicted octanol–water partition coefficient (Wildman–Crippen LogP) is 3.07. The van der Waals surface area contributed by atoms with Gasteiger partial charge in [-0.2, -0.15) is 0 Å². The zero-order valence-electron chi connectivity index (χ0n) is 14.7. The van der Waals surface area contributed by atoms with E-state index in [9.17, 15) is 18.4 Å². The molecule has 2 aromatic carbocycles. The molecule has 0 aliphatic carbocycles. The summed E-state index contributed by atoms with van der Waals surface area (Å²) in [5, 5.41) is 4.74. The summed E-state index contributed by atoms with van der Waals surface area (Å²) >= 11 is 0. The van der Waals surface area contributed by atoms with Crippen molar-refractivity contribution in [2.75, 3.05) is 30.4 Å². The lowest BCUT2D eigenvalue weighted by atomic mass is 10.0. The number of amides is 3. The summed E-state index contributed by atoms with van der Waals surface area (Å²) in [5.74, 6) is -1.30. The van der Waals surface area contributed by atoms with Crippen molar-refractivity contribution in [3.8, 4) is 5.75 Å². The van der Waals surface area contributed by atoms with Crippen molar-refractivity contribution in [3.05, 3.63) is 53.6 Å². The Labute approximate surface area is 155 Å². The molecule has 0 atom stereocenters. The molecule has 1 heterocycles. The summed E-state index contributed by atoms with van der Waals surface area (Å²) in [6.45, 7) is 0.245. The van der Waals surface area contributed by atoms with Crippen LogP contribution in [0.25, 0.3) is 0 Å². The minimum atomic E-state index is -0.708. The Morgan fingerprint density at radius 3 is 2.63 bits per heavy atom. The highest BCUT2D eigenvalue weighted by Crippen LogP contribution is 2.30. The van der Waals surface area contributed by atoms with E-state index in [4.69, 9.17) is 4.74 Å². The number of methoxy groups -OCH3 is 1. The van der Waals surface area contributed by atoms with E-state index in [1.165, 1.54) is 18.1 Å². The van der Waals surface area contributed by atoms with Crippen molar-refractivity contribution in [3.63, 3.8) is 0 Å². The number of carbonyl (C=O) groups is 2. The van der Waals surface area contributed by atoms with Crippen molar-refractivity contribution in [2.45, 2.75) is 12.8 Å². The molecular formula is C19H19F2N3O3. The number of ether oxygens (including phenoxy) is 1. The maximum Gasteiger partial charge on any atom is 0.325 e. The van der Waals surface area contributed by atoms with E-state index in [0.717, 1.165) is 6.07 Å². The van der Waals surface area contributed by atoms with Crippen molar-refractivity contribution < 1.29 is 23.1 Å². The highest BCUT2D eigenvalue weighted by molar-refractivity contribution is 6.02. The fourth-order valence-electron chi connectivity index (χ4n) is 3.07. The number of urea groups is 1. The van der Waals surface area contributed by atoms with E-state index in [2.05, 4.69) is 10.6 Å². The predicted molar refractivity (Wildman–Crippen MR) is 97.0 cm³/mol. The summed E-state index contributed by atoms with van der Waals surface area (Å²) < 4.78 is 32.5. The molecule has 0 bridgehead atoms. The second kappa shape index (κ2) is 8.03. The molecule has 2 aromatic rings. The van der Waals surface area contributed by atoms with Gasteiger partial charge >= 0.3 is 6.03 Å². The number of carbonyl (C=O) groups excluding carboxylic acids is 2. The number of nitrogens with zero attached hydrogens (tertiary/aromatic N) is 1. The molecule has 27 heavy (non-hydrogen) atoms. The summed E-state index contributed by atoms with van der Waals surface area (Å²) in [4.78, 5) is 25.6. The van der Waals surface area contributed by atoms with Crippen molar-refractivity contribution >= 4 is 23.3 Å². The van der Waals surface area contributed by atoms with Crippen LogP contribution in [0.2, 0.25) is 0 Å². The number of imide groups is 1. The zero-order chi connectivity index (χ0) is 19.4. The Kier molecular flexibility index (Phi) is 5.54. The standard InChI is InChI=1S/C19H19F2N3O3/c1-27-15-6-4-14(5-7-15)22-19(26)23-17(25)11-24-8-2-3-12-9-13(20)10-16(21)18(12)24/h4-7,9-10H,2-3,8,11H2,1H3,(H2,22,23,25,26). The summed E-state index contributed by atoms with van der Waals surface area (Å²) in [6.07, 6.45) is 1.21. The van der Waals surface area contributed by atoms with E-state index in [-0.39, 0.29) is 12.2 Å². The quantitative estimate of drug-likeness (QED) is 0.862. The Bertz CT molecular complexity index is 856. The lowest BCUT2D eigenvalue weighted by Crippen LogP contribution is -2.43. The van der Waals surface area contributed by atoms with Crippen LogP contribution in [0.4, 0.5) is 25.0 Å². The van der Waals surface area contributed by atoms with E-state index >= 15 is 0 Å². The number of nitrogens with one attached hydrogen (secondary N) is 2. The van der Waals surface area contributed by atoms with Crippen LogP contribution in [0.15, 0.2) is 36.4 Å². The van der Waals surface area contributed by atoms with Gasteiger partial charge in [0, 0.05) is 18.3 Å². The SMILES string of the molecule is COc1ccc(NC(=O)NC(=O)CN2CCCc3cc(F)cc(F)c32)cc1. The number of hydrogen-bond donors (Lipinski definition) is 2. The number of halogens is 2. The number of anilines is 2. The van der Waals surface area contributed by atoms with E-state index in [1.807, 2.05) is 0 Å². The first kappa shape index (κ1) is 18.6. The van der Waals surface area contributed by atoms with Gasteiger partial charge in [-0.25, -0.2) is 13.6 Å². The molecular weight excluding hydrogens is 356 g/mol. The Morgan fingerprint density at radius 2 is 1.93 bits per heavy atom. The number of rotatable bonds is 4. The summed E-state index contributed by atoms with van der Waals surface area (Å²) in [6, 6.07) is 7.99. The Balaban J connectivity index is 1.60. The molecule has 0 radical (unpaired) electrons. The van der Waals surface area contributed by atoms with Crippen molar-refractivity contribution in [1.82, 2.24) is 5.32 Å². The lowest BCUT2D eigenvalue weighted by Gasteiger charge is -2.31. The number of aryl methyl sites for hydroxylation is 1. The lowest BCUT2D eigenvalue weighted by molar-refractivity contribution is -0.118. The molecule has 0 spiro atoms. The minimum absolute atomic E-state index is 0.203. The highest BCUT2D eigenvalue weighted by atomic mass is 19.1. The molecule has 0 saturated carbocycles. The van der Waals surface area contributed by atoms with Crippen LogP contribution in [-0.4, -0.2) is 32.1 Å². The van der Waals surface area contributed by atoms with Gasteiger partial charge in [-0.15, -0.1) is 0 Å². The molecule has 0 saturated heterocycles. The monoisotopic (exact) mass is 375 g/mol. The molecule has 0 fully saturated rings. The molecule has 1 aliphatic rings. The molecule has 3 amide bonds. The van der Waals surface area contributed by atoms with Crippen LogP contribution in [0.3, 0.4) is 0 Å². The molecule has 0 unspecified atom stereocenters. The van der Waals surface area contributed by atoms with E-state index < -0.39 is 23.6 Å². The first-order valence-corrected chi connectivity index (χ1v) is 8.44. The maximum atomic E-state index is 14.1. The first-order valence-electron chi connectivity index (χ1n) is 8.44. The third-order valence-corrected chi connectivity index (χ3v) is 4.23. The third kappa shape index (κ3) is 4.52. The van der Waals surface area contributed by atoms with E-state index in [1.54, 1.807) is 24.3 Å². The average molecular weight is 375 g/mol. The molecule has 3 rings (SSSR count). The number of fused-ring (bicyclic) bond motifs is 1. The average Bonchev–Trinajstić information content (AvgIpc) is 2.61. The van der Waals surface area contributed by atoms with Gasteiger partial charge < -0.3 is 15.0 Å². The van der Waals surface area contributed by atoms with Crippen LogP contribution in [0.1, 0.15) is 12.0 Å². The van der Waals surface area contributed by atoms with Gasteiger partial charge in [-0.1, -0.05) is 0 Å². The Morgan fingerprint density at radius 1 is 1.19 bits per heavy atom. The van der Waals surface area contributed by atoms with Gasteiger partial charge in [0.25, 0.3) is 0 Å². The van der Waals surface area contributed by atoms with Gasteiger partial charge in [0.15, 0.2) is 0 Å². The van der Waals surface area contributed by atoms with Gasteiger partial charge in [0.1, 0.15) is 17.4 Å². The molecule has 0 aromatic heterocycles. The zero-order valence-corrected chi connectivity index (χ0v) is 14.7. The van der Waals surface area contributed by atoms with Crippen LogP contribution < -0.4 is 20.3 Å². The van der Waals surface area contributed by atoms with Crippen LogP contribution >= 0.6 is 0 Å². The van der Waals surface area contributed by atoms with Crippen molar-refractivity contribution in [2.24, 2.45) is 0 Å². The highest BCUT2D eigenvalue weighted by Gasteiger charge is 2.24. The second-order valence-corrected chi connectivity index (χ2v) is 6.15. The first-order chi connectivity index (χ1) is 13.0. The number of benzene rings is 2. The Hall–Kier alpha value is -3.16. The summed E-state index contributed by atoms with van der Waals surface area (Å²) in [5.41, 5.74) is 1.23. The molecule has 142 valence electrons. The maximum absolute atomic E-state index is 14.1. The number of hydrogen-bond acceptors (Lipinski definition) is 4. The van der Waals surface area contributed by atoms with Crippen LogP contribution in [0, 0.1) is 11.6 Å². The van der Waals surface area contributed by atoms with Gasteiger partial charge in [-0.3, -0.25) is 10.1 Å². The molecule has 8 heteroatoms. The molecule has 2 N–H and O–H groups in total. The topological polar surface area (TPSA) is 70.7 Å². The fraction of sp³-hybridized carbons (Fsp3) is 0.263. The molecule has 6 nitrogen and oxygen atoms in total. The third-order valence-electron chi connectivity index (χ3n) is 4.23. The van der Waals surface area contributed by atoms with E-state index in [0.29, 0.717) is 36.4 Å².